The molecule has 2 N–H and O–H groups in total. The number of benzene rings is 1. The number of anilines is 1. The van der Waals surface area contributed by atoms with Gasteiger partial charge in [0.05, 0.1) is 11.2 Å². The summed E-state index contributed by atoms with van der Waals surface area (Å²) in [6.07, 6.45) is 2.73. The van der Waals surface area contributed by atoms with Gasteiger partial charge in [0.2, 0.25) is 0 Å². The first-order chi connectivity index (χ1) is 9.51. The highest BCUT2D eigenvalue weighted by Gasteiger charge is 2.17. The number of nitrogens with one attached hydrogen (secondary N) is 1. The van der Waals surface area contributed by atoms with Crippen LogP contribution in [0.5, 0.6) is 0 Å². The minimum atomic E-state index is -3.57. The third-order valence-electron chi connectivity index (χ3n) is 2.67. The molecule has 0 saturated carbocycles. The number of sulfonamides is 1. The van der Waals surface area contributed by atoms with E-state index in [0.29, 0.717) is 23.5 Å². The van der Waals surface area contributed by atoms with Crippen molar-refractivity contribution in [2.75, 3.05) is 11.3 Å². The number of nitrogens with zero attached hydrogens (tertiary/aromatic N) is 1. The molecule has 0 bridgehead atoms. The predicted octanol–water partition coefficient (Wildman–Crippen LogP) is 2.18. The van der Waals surface area contributed by atoms with Crippen molar-refractivity contribution in [3.8, 4) is 0 Å². The van der Waals surface area contributed by atoms with Gasteiger partial charge in [-0.05, 0) is 37.5 Å². The molecule has 2 aromatic rings. The second kappa shape index (κ2) is 6.34. The zero-order valence-corrected chi connectivity index (χ0v) is 12.7. The van der Waals surface area contributed by atoms with Gasteiger partial charge in [0, 0.05) is 12.3 Å². The first-order valence-corrected chi connectivity index (χ1v) is 8.46. The van der Waals surface area contributed by atoms with Gasteiger partial charge in [0.1, 0.15) is 0 Å². The zero-order valence-electron chi connectivity index (χ0n) is 11.0. The average molecular weight is 312 g/mol. The van der Waals surface area contributed by atoms with Gasteiger partial charge in [-0.2, -0.15) is 0 Å². The fourth-order valence-corrected chi connectivity index (χ4v) is 3.90. The topological polar surface area (TPSA) is 79.3 Å². The van der Waals surface area contributed by atoms with Gasteiger partial charge in [-0.15, -0.1) is 11.3 Å². The summed E-state index contributed by atoms with van der Waals surface area (Å²) in [7, 11) is -3.57. The standard InChI is InChI=1S/C13H16N2O3S2/c1-10-14-9-13(19-10)20(17,18)15-12-6-2-4-11(8-12)5-3-7-16/h2,4,6,8-9,15-16H,3,5,7H2,1H3. The molecule has 0 unspecified atom stereocenters. The molecule has 1 heterocycles. The molecular weight excluding hydrogens is 296 g/mol. The maximum absolute atomic E-state index is 12.2. The molecule has 0 fully saturated rings. The smallest absolute Gasteiger partial charge is 0.273 e. The predicted molar refractivity (Wildman–Crippen MR) is 79.5 cm³/mol. The van der Waals surface area contributed by atoms with Crippen molar-refractivity contribution in [2.45, 2.75) is 24.0 Å². The van der Waals surface area contributed by atoms with Crippen LogP contribution in [-0.2, 0) is 16.4 Å². The Balaban J connectivity index is 2.17. The first-order valence-electron chi connectivity index (χ1n) is 6.16. The van der Waals surface area contributed by atoms with Crippen molar-refractivity contribution >= 4 is 27.0 Å². The molecule has 0 saturated heterocycles. The molecular formula is C13H16N2O3S2. The Labute approximate surface area is 122 Å². The van der Waals surface area contributed by atoms with Gasteiger partial charge in [0.25, 0.3) is 10.0 Å². The van der Waals surface area contributed by atoms with Gasteiger partial charge in [-0.3, -0.25) is 4.72 Å². The molecule has 2 rings (SSSR count). The second-order valence-electron chi connectivity index (χ2n) is 4.33. The van der Waals surface area contributed by atoms with E-state index >= 15 is 0 Å². The molecule has 1 aromatic carbocycles. The molecule has 0 aliphatic heterocycles. The van der Waals surface area contributed by atoms with Crippen molar-refractivity contribution < 1.29 is 13.5 Å². The van der Waals surface area contributed by atoms with Crippen molar-refractivity contribution in [3.05, 3.63) is 41.0 Å². The van der Waals surface area contributed by atoms with Crippen molar-refractivity contribution in [3.63, 3.8) is 0 Å². The Morgan fingerprint density at radius 3 is 2.85 bits per heavy atom. The molecule has 0 aliphatic rings. The van der Waals surface area contributed by atoms with Crippen LogP contribution in [0.3, 0.4) is 0 Å². The quantitative estimate of drug-likeness (QED) is 0.857. The van der Waals surface area contributed by atoms with Crippen LogP contribution in [0.25, 0.3) is 0 Å². The summed E-state index contributed by atoms with van der Waals surface area (Å²) in [6, 6.07) is 7.18. The van der Waals surface area contributed by atoms with Crippen LogP contribution in [0.2, 0.25) is 0 Å². The maximum atomic E-state index is 12.2. The number of hydrogen-bond donors (Lipinski definition) is 2. The van der Waals surface area contributed by atoms with Crippen LogP contribution in [0.1, 0.15) is 17.0 Å². The van der Waals surface area contributed by atoms with Gasteiger partial charge in [-0.25, -0.2) is 13.4 Å². The molecule has 0 amide bonds. The number of thiazole rings is 1. The van der Waals surface area contributed by atoms with E-state index in [4.69, 9.17) is 5.11 Å². The van der Waals surface area contributed by atoms with E-state index in [1.165, 1.54) is 6.20 Å². The molecule has 5 nitrogen and oxygen atoms in total. The van der Waals surface area contributed by atoms with Crippen LogP contribution in [-0.4, -0.2) is 25.1 Å². The van der Waals surface area contributed by atoms with E-state index in [-0.39, 0.29) is 10.8 Å². The van der Waals surface area contributed by atoms with E-state index in [1.807, 2.05) is 6.07 Å². The van der Waals surface area contributed by atoms with E-state index in [1.54, 1.807) is 25.1 Å². The molecule has 1 aromatic heterocycles. The molecule has 7 heteroatoms. The number of aromatic nitrogens is 1. The van der Waals surface area contributed by atoms with E-state index in [0.717, 1.165) is 16.9 Å². The lowest BCUT2D eigenvalue weighted by molar-refractivity contribution is 0.288. The van der Waals surface area contributed by atoms with Gasteiger partial charge < -0.3 is 5.11 Å². The Hall–Kier alpha value is -1.44. The highest BCUT2D eigenvalue weighted by Crippen LogP contribution is 2.22. The summed E-state index contributed by atoms with van der Waals surface area (Å²) in [5.74, 6) is 0. The average Bonchev–Trinajstić information content (AvgIpc) is 2.84. The molecule has 0 spiro atoms. The highest BCUT2D eigenvalue weighted by molar-refractivity contribution is 7.94. The fourth-order valence-electron chi connectivity index (χ4n) is 1.75. The minimum absolute atomic E-state index is 0.121. The summed E-state index contributed by atoms with van der Waals surface area (Å²) in [5, 5.41) is 9.53. The number of aliphatic hydroxyl groups is 1. The SMILES string of the molecule is Cc1ncc(S(=O)(=O)Nc2cccc(CCCO)c2)s1. The molecule has 0 radical (unpaired) electrons. The van der Waals surface area contributed by atoms with Crippen molar-refractivity contribution in [1.82, 2.24) is 4.98 Å². The minimum Gasteiger partial charge on any atom is -0.396 e. The summed E-state index contributed by atoms with van der Waals surface area (Å²) in [6.45, 7) is 1.88. The molecule has 108 valence electrons. The Kier molecular flexibility index (Phi) is 4.74. The van der Waals surface area contributed by atoms with E-state index < -0.39 is 10.0 Å². The lowest BCUT2D eigenvalue weighted by atomic mass is 10.1. The summed E-state index contributed by atoms with van der Waals surface area (Å²) in [5.41, 5.74) is 1.51. The number of aryl methyl sites for hydroxylation is 2. The Morgan fingerprint density at radius 1 is 1.40 bits per heavy atom. The third kappa shape index (κ3) is 3.78. The highest BCUT2D eigenvalue weighted by atomic mass is 32.2. The van der Waals surface area contributed by atoms with Gasteiger partial charge in [0.15, 0.2) is 4.21 Å². The normalized spacial score (nSPS) is 11.5. The van der Waals surface area contributed by atoms with Crippen LogP contribution < -0.4 is 4.72 Å². The molecule has 0 atom stereocenters. The van der Waals surface area contributed by atoms with Crippen LogP contribution >= 0.6 is 11.3 Å². The molecule has 20 heavy (non-hydrogen) atoms. The fraction of sp³-hybridized carbons (Fsp3) is 0.308. The van der Waals surface area contributed by atoms with Crippen molar-refractivity contribution in [1.29, 1.82) is 0 Å². The monoisotopic (exact) mass is 312 g/mol. The van der Waals surface area contributed by atoms with Crippen LogP contribution in [0.15, 0.2) is 34.7 Å². The lowest BCUT2D eigenvalue weighted by Crippen LogP contribution is -2.11. The maximum Gasteiger partial charge on any atom is 0.273 e. The molecule has 0 aliphatic carbocycles. The Morgan fingerprint density at radius 2 is 2.20 bits per heavy atom. The van der Waals surface area contributed by atoms with Crippen molar-refractivity contribution in [2.24, 2.45) is 0 Å². The summed E-state index contributed by atoms with van der Waals surface area (Å²) < 4.78 is 27.1. The second-order valence-corrected chi connectivity index (χ2v) is 7.48. The van der Waals surface area contributed by atoms with Crippen LogP contribution in [0, 0.1) is 6.92 Å². The van der Waals surface area contributed by atoms with Crippen LogP contribution in [0.4, 0.5) is 5.69 Å². The van der Waals surface area contributed by atoms with Gasteiger partial charge >= 0.3 is 0 Å². The number of aliphatic hydroxyl groups excluding tert-OH is 1. The largest absolute Gasteiger partial charge is 0.396 e. The zero-order chi connectivity index (χ0) is 14.6. The summed E-state index contributed by atoms with van der Waals surface area (Å²) in [4.78, 5) is 3.95. The van der Waals surface area contributed by atoms with E-state index in [2.05, 4.69) is 9.71 Å². The van der Waals surface area contributed by atoms with E-state index in [9.17, 15) is 8.42 Å². The Bertz CT molecular complexity index is 680. The number of hydrogen-bond acceptors (Lipinski definition) is 5. The third-order valence-corrected chi connectivity index (χ3v) is 5.42. The van der Waals surface area contributed by atoms with Gasteiger partial charge in [-0.1, -0.05) is 12.1 Å². The first kappa shape index (κ1) is 15.0. The number of rotatable bonds is 6. The summed E-state index contributed by atoms with van der Waals surface area (Å²) >= 11 is 1.14. The lowest BCUT2D eigenvalue weighted by Gasteiger charge is -2.07.